The van der Waals surface area contributed by atoms with Crippen LogP contribution in [0.5, 0.6) is 0 Å². The van der Waals surface area contributed by atoms with Crippen molar-refractivity contribution >= 4 is 5.97 Å². The van der Waals surface area contributed by atoms with Crippen LogP contribution < -0.4 is 0 Å². The molecule has 0 aromatic rings. The highest BCUT2D eigenvalue weighted by molar-refractivity contribution is 5.69. The predicted molar refractivity (Wildman–Crippen MR) is 76.4 cm³/mol. The Labute approximate surface area is 121 Å². The van der Waals surface area contributed by atoms with E-state index in [-0.39, 0.29) is 18.1 Å². The third kappa shape index (κ3) is 2.48. The fourth-order valence-corrected chi connectivity index (χ4v) is 5.50. The van der Waals surface area contributed by atoms with E-state index in [1.807, 2.05) is 0 Å². The maximum atomic E-state index is 11.2. The third-order valence-corrected chi connectivity index (χ3v) is 5.96. The highest BCUT2D eigenvalue weighted by Crippen LogP contribution is 2.57. The molecule has 20 heavy (non-hydrogen) atoms. The number of aliphatic carboxylic acids is 1. The van der Waals surface area contributed by atoms with Crippen LogP contribution in [0.1, 0.15) is 45.4 Å². The van der Waals surface area contributed by atoms with Crippen LogP contribution in [0.2, 0.25) is 0 Å². The van der Waals surface area contributed by atoms with Crippen LogP contribution in [0.3, 0.4) is 0 Å². The molecule has 4 nitrogen and oxygen atoms in total. The van der Waals surface area contributed by atoms with Crippen molar-refractivity contribution in [2.75, 3.05) is 19.7 Å². The Balaban J connectivity index is 1.77. The Bertz CT molecular complexity index is 347. The second-order valence-corrected chi connectivity index (χ2v) is 7.55. The smallest absolute Gasteiger partial charge is 0.307 e. The largest absolute Gasteiger partial charge is 0.481 e. The first-order valence-electron chi connectivity index (χ1n) is 8.11. The summed E-state index contributed by atoms with van der Waals surface area (Å²) in [5.74, 6) is 1.47. The summed E-state index contributed by atoms with van der Waals surface area (Å²) in [5, 5.41) is 18.6. The molecule has 114 valence electrons. The quantitative estimate of drug-likeness (QED) is 0.781. The molecule has 0 aromatic carbocycles. The van der Waals surface area contributed by atoms with Gasteiger partial charge >= 0.3 is 5.97 Å². The van der Waals surface area contributed by atoms with Gasteiger partial charge in [-0.15, -0.1) is 0 Å². The fourth-order valence-electron chi connectivity index (χ4n) is 5.50. The van der Waals surface area contributed by atoms with Gasteiger partial charge in [0.15, 0.2) is 0 Å². The molecule has 1 unspecified atom stereocenters. The summed E-state index contributed by atoms with van der Waals surface area (Å²) < 4.78 is 0. The maximum absolute atomic E-state index is 11.2. The molecule has 4 heteroatoms. The summed E-state index contributed by atoms with van der Waals surface area (Å²) in [7, 11) is 0. The minimum atomic E-state index is -0.724. The Kier molecular flexibility index (Phi) is 3.80. The summed E-state index contributed by atoms with van der Waals surface area (Å²) in [6.07, 6.45) is 7.85. The van der Waals surface area contributed by atoms with Crippen LogP contribution in [0.25, 0.3) is 0 Å². The number of carboxylic acid groups (broad SMARTS) is 1. The summed E-state index contributed by atoms with van der Waals surface area (Å²) in [6, 6.07) is 0. The topological polar surface area (TPSA) is 60.8 Å². The van der Waals surface area contributed by atoms with Crippen molar-refractivity contribution in [2.45, 2.75) is 51.0 Å². The van der Waals surface area contributed by atoms with Crippen molar-refractivity contribution in [3.63, 3.8) is 0 Å². The number of nitrogens with zero attached hydrogens (tertiary/aromatic N) is 1. The Morgan fingerprint density at radius 3 is 2.10 bits per heavy atom. The minimum Gasteiger partial charge on any atom is -0.481 e. The first kappa shape index (κ1) is 14.3. The second-order valence-electron chi connectivity index (χ2n) is 7.55. The van der Waals surface area contributed by atoms with E-state index in [2.05, 4.69) is 4.90 Å². The zero-order chi connectivity index (χ0) is 14.3. The van der Waals surface area contributed by atoms with Gasteiger partial charge in [-0.2, -0.15) is 0 Å². The molecular weight excluding hydrogens is 254 g/mol. The van der Waals surface area contributed by atoms with Gasteiger partial charge in [0.2, 0.25) is 0 Å². The van der Waals surface area contributed by atoms with Crippen molar-refractivity contribution in [1.29, 1.82) is 0 Å². The van der Waals surface area contributed by atoms with Gasteiger partial charge in [0.25, 0.3) is 0 Å². The molecule has 0 spiro atoms. The van der Waals surface area contributed by atoms with Crippen LogP contribution in [0.4, 0.5) is 0 Å². The van der Waals surface area contributed by atoms with E-state index in [1.165, 1.54) is 38.5 Å². The van der Waals surface area contributed by atoms with Gasteiger partial charge in [-0.1, -0.05) is 6.92 Å². The van der Waals surface area contributed by atoms with Gasteiger partial charge < -0.3 is 10.2 Å². The number of aliphatic hydroxyl groups is 1. The molecule has 4 fully saturated rings. The molecular formula is C16H27NO3. The predicted octanol–water partition coefficient (Wildman–Crippen LogP) is 1.97. The third-order valence-electron chi connectivity index (χ3n) is 5.96. The molecule has 4 saturated carbocycles. The SMILES string of the molecule is CC(CN(CCO)C12CC3CC(CC(C3)C1)C2)C(=O)O. The number of rotatable bonds is 6. The molecule has 0 aromatic heterocycles. The van der Waals surface area contributed by atoms with E-state index < -0.39 is 5.97 Å². The molecule has 0 heterocycles. The molecule has 0 saturated heterocycles. The van der Waals surface area contributed by atoms with Gasteiger partial charge in [-0.25, -0.2) is 0 Å². The molecule has 1 atom stereocenters. The number of β-amino-alcohol motifs (C(OH)–C–C–N with tert-alkyl or cyclic N) is 1. The van der Waals surface area contributed by atoms with E-state index in [0.29, 0.717) is 13.1 Å². The van der Waals surface area contributed by atoms with Crippen molar-refractivity contribution in [3.8, 4) is 0 Å². The van der Waals surface area contributed by atoms with E-state index in [4.69, 9.17) is 0 Å². The van der Waals surface area contributed by atoms with Crippen LogP contribution in [0.15, 0.2) is 0 Å². The van der Waals surface area contributed by atoms with Crippen LogP contribution in [0, 0.1) is 23.7 Å². The monoisotopic (exact) mass is 281 g/mol. The van der Waals surface area contributed by atoms with Gasteiger partial charge in [-0.3, -0.25) is 9.69 Å². The average Bonchev–Trinajstić information content (AvgIpc) is 2.36. The molecule has 0 amide bonds. The molecule has 4 aliphatic rings. The van der Waals surface area contributed by atoms with Gasteiger partial charge in [0, 0.05) is 18.6 Å². The average molecular weight is 281 g/mol. The summed E-state index contributed by atoms with van der Waals surface area (Å²) in [5.41, 5.74) is 0.196. The lowest BCUT2D eigenvalue weighted by Crippen LogP contribution is -2.61. The molecule has 0 radical (unpaired) electrons. The van der Waals surface area contributed by atoms with Crippen molar-refractivity contribution in [2.24, 2.45) is 23.7 Å². The van der Waals surface area contributed by atoms with E-state index in [9.17, 15) is 15.0 Å². The van der Waals surface area contributed by atoms with Crippen molar-refractivity contribution < 1.29 is 15.0 Å². The summed E-state index contributed by atoms with van der Waals surface area (Å²) in [4.78, 5) is 13.5. The lowest BCUT2D eigenvalue weighted by atomic mass is 9.52. The lowest BCUT2D eigenvalue weighted by Gasteiger charge is -2.61. The molecule has 4 aliphatic carbocycles. The Morgan fingerprint density at radius 2 is 1.70 bits per heavy atom. The molecule has 4 bridgehead atoms. The van der Waals surface area contributed by atoms with Crippen molar-refractivity contribution in [3.05, 3.63) is 0 Å². The number of hydrogen-bond donors (Lipinski definition) is 2. The van der Waals surface area contributed by atoms with Crippen LogP contribution in [-0.2, 0) is 4.79 Å². The minimum absolute atomic E-state index is 0.133. The van der Waals surface area contributed by atoms with Gasteiger partial charge in [0.1, 0.15) is 0 Å². The van der Waals surface area contributed by atoms with Crippen LogP contribution in [-0.4, -0.2) is 46.3 Å². The van der Waals surface area contributed by atoms with Gasteiger partial charge in [-0.05, 0) is 56.3 Å². The summed E-state index contributed by atoms with van der Waals surface area (Å²) >= 11 is 0. The summed E-state index contributed by atoms with van der Waals surface area (Å²) in [6.45, 7) is 3.13. The van der Waals surface area contributed by atoms with Crippen molar-refractivity contribution in [1.82, 2.24) is 4.90 Å². The highest BCUT2D eigenvalue weighted by atomic mass is 16.4. The lowest BCUT2D eigenvalue weighted by molar-refractivity contribution is -0.144. The maximum Gasteiger partial charge on any atom is 0.307 e. The Hall–Kier alpha value is -0.610. The van der Waals surface area contributed by atoms with Gasteiger partial charge in [0.05, 0.1) is 12.5 Å². The normalized spacial score (nSPS) is 40.2. The zero-order valence-electron chi connectivity index (χ0n) is 12.4. The van der Waals surface area contributed by atoms with Crippen LogP contribution >= 0.6 is 0 Å². The number of hydrogen-bond acceptors (Lipinski definition) is 3. The molecule has 2 N–H and O–H groups in total. The Morgan fingerprint density at radius 1 is 1.20 bits per heavy atom. The first-order valence-corrected chi connectivity index (χ1v) is 8.11. The van der Waals surface area contributed by atoms with E-state index >= 15 is 0 Å². The second kappa shape index (κ2) is 5.30. The molecule has 4 rings (SSSR count). The number of carboxylic acids is 1. The zero-order valence-corrected chi connectivity index (χ0v) is 12.4. The standard InChI is InChI=1S/C16H27NO3/c1-11(15(19)20)10-17(2-3-18)16-7-12-4-13(8-16)6-14(5-12)9-16/h11-14,18H,2-10H2,1H3,(H,19,20). The number of aliphatic hydroxyl groups excluding tert-OH is 1. The van der Waals surface area contributed by atoms with E-state index in [1.54, 1.807) is 6.92 Å². The molecule has 0 aliphatic heterocycles. The van der Waals surface area contributed by atoms with E-state index in [0.717, 1.165) is 17.8 Å². The fraction of sp³-hybridized carbons (Fsp3) is 0.938. The number of carbonyl (C=O) groups is 1. The first-order chi connectivity index (χ1) is 9.52. The highest BCUT2D eigenvalue weighted by Gasteiger charge is 2.53.